The summed E-state index contributed by atoms with van der Waals surface area (Å²) in [6, 6.07) is 9.87. The van der Waals surface area contributed by atoms with E-state index >= 15 is 0 Å². The van der Waals surface area contributed by atoms with Crippen LogP contribution in [0.1, 0.15) is 24.1 Å². The predicted molar refractivity (Wildman–Crippen MR) is 79.0 cm³/mol. The number of halogens is 2. The van der Waals surface area contributed by atoms with Crippen molar-refractivity contribution in [1.29, 1.82) is 0 Å². The van der Waals surface area contributed by atoms with Crippen LogP contribution < -0.4 is 5.32 Å². The molecule has 0 bridgehead atoms. The van der Waals surface area contributed by atoms with E-state index in [-0.39, 0.29) is 11.8 Å². The average molecular weight is 324 g/mol. The second-order valence-electron chi connectivity index (χ2n) is 4.48. The molecule has 0 amide bonds. The molecule has 4 heteroatoms. The fourth-order valence-electron chi connectivity index (χ4n) is 1.94. The third kappa shape index (κ3) is 3.07. The van der Waals surface area contributed by atoms with Gasteiger partial charge in [-0.25, -0.2) is 4.39 Å². The second-order valence-corrected chi connectivity index (χ2v) is 5.34. The first-order valence-electron chi connectivity index (χ1n) is 5.99. The monoisotopic (exact) mass is 323 g/mol. The lowest BCUT2D eigenvalue weighted by Gasteiger charge is -2.18. The number of hydrogen-bond donors (Lipinski definition) is 2. The minimum absolute atomic E-state index is 0.0629. The molecule has 19 heavy (non-hydrogen) atoms. The van der Waals surface area contributed by atoms with Gasteiger partial charge in [-0.1, -0.05) is 28.1 Å². The molecule has 100 valence electrons. The van der Waals surface area contributed by atoms with E-state index in [1.807, 2.05) is 32.0 Å². The van der Waals surface area contributed by atoms with Gasteiger partial charge in [0.2, 0.25) is 0 Å². The molecule has 1 atom stereocenters. The minimum Gasteiger partial charge on any atom is -0.508 e. The number of phenols is 1. The number of benzene rings is 2. The van der Waals surface area contributed by atoms with Crippen LogP contribution >= 0.6 is 15.9 Å². The van der Waals surface area contributed by atoms with Crippen molar-refractivity contribution < 1.29 is 9.50 Å². The summed E-state index contributed by atoms with van der Waals surface area (Å²) in [5.74, 6) is -0.472. The van der Waals surface area contributed by atoms with Gasteiger partial charge < -0.3 is 10.4 Å². The summed E-state index contributed by atoms with van der Waals surface area (Å²) >= 11 is 3.47. The Bertz CT molecular complexity index is 601. The van der Waals surface area contributed by atoms with Gasteiger partial charge in [0.1, 0.15) is 11.6 Å². The smallest absolute Gasteiger partial charge is 0.132 e. The SMILES string of the molecule is Cc1c(Br)cccc1NC(C)c1ccc(O)cc1F. The minimum atomic E-state index is -0.410. The largest absolute Gasteiger partial charge is 0.508 e. The first-order chi connectivity index (χ1) is 8.99. The van der Waals surface area contributed by atoms with Crippen molar-refractivity contribution in [3.8, 4) is 5.75 Å². The van der Waals surface area contributed by atoms with Crippen LogP contribution in [0.4, 0.5) is 10.1 Å². The van der Waals surface area contributed by atoms with Gasteiger partial charge in [-0.2, -0.15) is 0 Å². The highest BCUT2D eigenvalue weighted by molar-refractivity contribution is 9.10. The Hall–Kier alpha value is -1.55. The van der Waals surface area contributed by atoms with E-state index < -0.39 is 5.82 Å². The van der Waals surface area contributed by atoms with Gasteiger partial charge in [0.15, 0.2) is 0 Å². The van der Waals surface area contributed by atoms with Crippen LogP contribution in [-0.2, 0) is 0 Å². The molecule has 0 aliphatic heterocycles. The molecule has 0 aromatic heterocycles. The van der Waals surface area contributed by atoms with Gasteiger partial charge in [0, 0.05) is 21.8 Å². The number of nitrogens with one attached hydrogen (secondary N) is 1. The normalized spacial score (nSPS) is 12.2. The summed E-state index contributed by atoms with van der Waals surface area (Å²) in [6.45, 7) is 3.88. The van der Waals surface area contributed by atoms with Gasteiger partial charge >= 0.3 is 0 Å². The van der Waals surface area contributed by atoms with Gasteiger partial charge in [0.25, 0.3) is 0 Å². The summed E-state index contributed by atoms with van der Waals surface area (Å²) in [7, 11) is 0. The van der Waals surface area contributed by atoms with Crippen LogP contribution in [-0.4, -0.2) is 5.11 Å². The van der Waals surface area contributed by atoms with Gasteiger partial charge in [-0.15, -0.1) is 0 Å². The Labute approximate surface area is 120 Å². The van der Waals surface area contributed by atoms with Crippen LogP contribution in [0.5, 0.6) is 5.75 Å². The lowest BCUT2D eigenvalue weighted by Crippen LogP contribution is -2.09. The summed E-state index contributed by atoms with van der Waals surface area (Å²) in [5, 5.41) is 12.5. The van der Waals surface area contributed by atoms with Crippen molar-refractivity contribution in [3.63, 3.8) is 0 Å². The van der Waals surface area contributed by atoms with Crippen LogP contribution in [0.2, 0.25) is 0 Å². The van der Waals surface area contributed by atoms with Crippen molar-refractivity contribution in [3.05, 3.63) is 57.8 Å². The van der Waals surface area contributed by atoms with E-state index in [2.05, 4.69) is 21.2 Å². The Balaban J connectivity index is 2.25. The highest BCUT2D eigenvalue weighted by Crippen LogP contribution is 2.28. The van der Waals surface area contributed by atoms with Crippen molar-refractivity contribution in [2.75, 3.05) is 5.32 Å². The molecule has 1 unspecified atom stereocenters. The molecular weight excluding hydrogens is 309 g/mol. The first kappa shape index (κ1) is 13.9. The molecule has 0 saturated heterocycles. The number of aromatic hydroxyl groups is 1. The second kappa shape index (κ2) is 5.61. The molecule has 2 rings (SSSR count). The zero-order valence-corrected chi connectivity index (χ0v) is 12.3. The van der Waals surface area contributed by atoms with Crippen LogP contribution in [0, 0.1) is 12.7 Å². The summed E-state index contributed by atoms with van der Waals surface area (Å²) < 4.78 is 14.8. The first-order valence-corrected chi connectivity index (χ1v) is 6.78. The predicted octanol–water partition coefficient (Wildman–Crippen LogP) is 4.78. The van der Waals surface area contributed by atoms with Crippen LogP contribution in [0.15, 0.2) is 40.9 Å². The number of rotatable bonds is 3. The Morgan fingerprint density at radius 1 is 1.26 bits per heavy atom. The van der Waals surface area contributed by atoms with E-state index in [4.69, 9.17) is 0 Å². The van der Waals surface area contributed by atoms with Gasteiger partial charge in [0.05, 0.1) is 6.04 Å². The topological polar surface area (TPSA) is 32.3 Å². The lowest BCUT2D eigenvalue weighted by atomic mass is 10.1. The van der Waals surface area contributed by atoms with Gasteiger partial charge in [-0.3, -0.25) is 0 Å². The number of hydrogen-bond acceptors (Lipinski definition) is 2. The molecule has 0 radical (unpaired) electrons. The lowest BCUT2D eigenvalue weighted by molar-refractivity contribution is 0.467. The summed E-state index contributed by atoms with van der Waals surface area (Å²) in [6.07, 6.45) is 0. The molecule has 0 spiro atoms. The molecule has 0 aliphatic rings. The molecule has 0 saturated carbocycles. The molecule has 0 aliphatic carbocycles. The summed E-state index contributed by atoms with van der Waals surface area (Å²) in [5.41, 5.74) is 2.56. The van der Waals surface area contributed by atoms with Crippen molar-refractivity contribution in [1.82, 2.24) is 0 Å². The highest BCUT2D eigenvalue weighted by atomic mass is 79.9. The van der Waals surface area contributed by atoms with Gasteiger partial charge in [-0.05, 0) is 37.6 Å². The quantitative estimate of drug-likeness (QED) is 0.852. The van der Waals surface area contributed by atoms with E-state index in [0.717, 1.165) is 21.8 Å². The van der Waals surface area contributed by atoms with Crippen LogP contribution in [0.3, 0.4) is 0 Å². The third-order valence-electron chi connectivity index (χ3n) is 3.09. The molecule has 0 fully saturated rings. The van der Waals surface area contributed by atoms with Crippen LogP contribution in [0.25, 0.3) is 0 Å². The van der Waals surface area contributed by atoms with Crippen molar-refractivity contribution in [2.45, 2.75) is 19.9 Å². The fourth-order valence-corrected chi connectivity index (χ4v) is 2.31. The maximum absolute atomic E-state index is 13.8. The number of phenolic OH excluding ortho intramolecular Hbond substituents is 1. The maximum Gasteiger partial charge on any atom is 0.132 e. The Kier molecular flexibility index (Phi) is 4.10. The molecule has 2 nitrogen and oxygen atoms in total. The Morgan fingerprint density at radius 2 is 2.00 bits per heavy atom. The standard InChI is InChI=1S/C15H15BrFNO/c1-9-13(16)4-3-5-15(9)18-10(2)12-7-6-11(19)8-14(12)17/h3-8,10,18-19H,1-2H3. The fraction of sp³-hybridized carbons (Fsp3) is 0.200. The summed E-state index contributed by atoms with van der Waals surface area (Å²) in [4.78, 5) is 0. The molecule has 2 aromatic carbocycles. The van der Waals surface area contributed by atoms with E-state index in [0.29, 0.717) is 5.56 Å². The van der Waals surface area contributed by atoms with Crippen molar-refractivity contribution in [2.24, 2.45) is 0 Å². The van der Waals surface area contributed by atoms with Crippen molar-refractivity contribution >= 4 is 21.6 Å². The molecule has 2 N–H and O–H groups in total. The van der Waals surface area contributed by atoms with E-state index in [9.17, 15) is 9.50 Å². The zero-order valence-electron chi connectivity index (χ0n) is 10.7. The van der Waals surface area contributed by atoms with E-state index in [1.54, 1.807) is 6.07 Å². The zero-order chi connectivity index (χ0) is 14.0. The maximum atomic E-state index is 13.8. The molecule has 2 aromatic rings. The highest BCUT2D eigenvalue weighted by Gasteiger charge is 2.12. The average Bonchev–Trinajstić information content (AvgIpc) is 2.34. The molecular formula is C15H15BrFNO. The number of anilines is 1. The van der Waals surface area contributed by atoms with E-state index in [1.165, 1.54) is 6.07 Å². The third-order valence-corrected chi connectivity index (χ3v) is 3.95. The molecule has 0 heterocycles. The Morgan fingerprint density at radius 3 is 2.68 bits per heavy atom.